The molecular formula is C22H21N5O3. The van der Waals surface area contributed by atoms with E-state index in [0.29, 0.717) is 5.95 Å². The van der Waals surface area contributed by atoms with Gasteiger partial charge in [0.2, 0.25) is 11.9 Å². The Morgan fingerprint density at radius 1 is 1.03 bits per heavy atom. The zero-order valence-corrected chi connectivity index (χ0v) is 16.2. The van der Waals surface area contributed by atoms with Crippen LogP contribution >= 0.6 is 0 Å². The summed E-state index contributed by atoms with van der Waals surface area (Å²) < 4.78 is 1.73. The molecule has 1 atom stereocenters. The molecule has 0 saturated heterocycles. The summed E-state index contributed by atoms with van der Waals surface area (Å²) in [5, 5.41) is 19.1. The zero-order chi connectivity index (χ0) is 20.9. The molecule has 1 aliphatic heterocycles. The molecule has 3 aromatic rings. The Morgan fingerprint density at radius 3 is 2.43 bits per heavy atom. The molecule has 0 bridgehead atoms. The second-order valence-corrected chi connectivity index (χ2v) is 6.93. The third-order valence-corrected chi connectivity index (χ3v) is 4.74. The second kappa shape index (κ2) is 8.60. The summed E-state index contributed by atoms with van der Waals surface area (Å²) in [6.45, 7) is 0. The number of carbonyl (C=O) groups is 2. The fourth-order valence-electron chi connectivity index (χ4n) is 3.31. The van der Waals surface area contributed by atoms with Crippen LogP contribution in [0, 0.1) is 0 Å². The fraction of sp³-hybridized carbons (Fsp3) is 0.182. The molecule has 2 heterocycles. The van der Waals surface area contributed by atoms with Crippen LogP contribution in [-0.2, 0) is 9.59 Å². The van der Waals surface area contributed by atoms with E-state index in [1.165, 1.54) is 0 Å². The molecule has 4 rings (SSSR count). The van der Waals surface area contributed by atoms with Crippen molar-refractivity contribution in [1.29, 1.82) is 0 Å². The first-order valence-electron chi connectivity index (χ1n) is 9.67. The number of aromatic nitrogens is 3. The lowest BCUT2D eigenvalue weighted by atomic mass is 10.0. The van der Waals surface area contributed by atoms with Gasteiger partial charge in [0.15, 0.2) is 0 Å². The molecule has 0 fully saturated rings. The van der Waals surface area contributed by atoms with Crippen LogP contribution in [0.25, 0.3) is 5.70 Å². The number of benzene rings is 2. The maximum absolute atomic E-state index is 12.1. The highest BCUT2D eigenvalue weighted by Gasteiger charge is 2.25. The Bertz CT molecular complexity index is 1080. The number of hydrogen-bond donors (Lipinski definition) is 3. The average Bonchev–Trinajstić information content (AvgIpc) is 3.16. The summed E-state index contributed by atoms with van der Waals surface area (Å²) in [6.07, 6.45) is 2.38. The molecule has 2 aromatic carbocycles. The Balaban J connectivity index is 1.60. The van der Waals surface area contributed by atoms with Gasteiger partial charge in [-0.15, -0.1) is 5.10 Å². The molecule has 1 amide bonds. The van der Waals surface area contributed by atoms with Crippen molar-refractivity contribution in [2.45, 2.75) is 25.3 Å². The van der Waals surface area contributed by atoms with Crippen molar-refractivity contribution >= 4 is 29.5 Å². The average molecular weight is 403 g/mol. The van der Waals surface area contributed by atoms with Crippen molar-refractivity contribution in [2.75, 3.05) is 10.6 Å². The van der Waals surface area contributed by atoms with E-state index < -0.39 is 5.97 Å². The first kappa shape index (κ1) is 19.4. The molecule has 0 aliphatic carbocycles. The van der Waals surface area contributed by atoms with Crippen molar-refractivity contribution in [3.63, 3.8) is 0 Å². The molecule has 0 saturated carbocycles. The Kier molecular flexibility index (Phi) is 5.56. The minimum atomic E-state index is -0.923. The molecule has 30 heavy (non-hydrogen) atoms. The smallest absolute Gasteiger partial charge is 0.303 e. The SMILES string of the molecule is O=C(O)CCCC(=O)Nc1nc2n(n1)[C@@H](c1ccccc1)C=C(c1ccccc1)N2. The normalized spacial score (nSPS) is 14.9. The quantitative estimate of drug-likeness (QED) is 0.557. The third-order valence-electron chi connectivity index (χ3n) is 4.74. The van der Waals surface area contributed by atoms with Gasteiger partial charge < -0.3 is 10.4 Å². The monoisotopic (exact) mass is 403 g/mol. The van der Waals surface area contributed by atoms with Crippen LogP contribution in [0.15, 0.2) is 66.7 Å². The number of carbonyl (C=O) groups excluding carboxylic acids is 1. The minimum absolute atomic E-state index is 0.0530. The molecule has 0 unspecified atom stereocenters. The summed E-state index contributed by atoms with van der Waals surface area (Å²) in [5.74, 6) is -0.535. The van der Waals surface area contributed by atoms with Crippen LogP contribution in [0.3, 0.4) is 0 Å². The van der Waals surface area contributed by atoms with E-state index in [4.69, 9.17) is 5.11 Å². The van der Waals surface area contributed by atoms with E-state index in [1.807, 2.05) is 60.7 Å². The Hall–Kier alpha value is -3.94. The van der Waals surface area contributed by atoms with Crippen molar-refractivity contribution < 1.29 is 14.7 Å². The van der Waals surface area contributed by atoms with Crippen molar-refractivity contribution in [3.05, 3.63) is 77.9 Å². The summed E-state index contributed by atoms with van der Waals surface area (Å²) in [4.78, 5) is 27.2. The summed E-state index contributed by atoms with van der Waals surface area (Å²) in [6, 6.07) is 19.7. The van der Waals surface area contributed by atoms with E-state index >= 15 is 0 Å². The van der Waals surface area contributed by atoms with Gasteiger partial charge in [0.05, 0.1) is 0 Å². The number of hydrogen-bond acceptors (Lipinski definition) is 5. The Morgan fingerprint density at radius 2 is 1.73 bits per heavy atom. The number of fused-ring (bicyclic) bond motifs is 1. The highest BCUT2D eigenvalue weighted by Crippen LogP contribution is 2.33. The summed E-state index contributed by atoms with van der Waals surface area (Å²) in [5.41, 5.74) is 2.97. The maximum Gasteiger partial charge on any atom is 0.303 e. The van der Waals surface area contributed by atoms with Gasteiger partial charge in [-0.1, -0.05) is 60.7 Å². The highest BCUT2D eigenvalue weighted by molar-refractivity contribution is 5.89. The topological polar surface area (TPSA) is 109 Å². The van der Waals surface area contributed by atoms with E-state index in [-0.39, 0.29) is 37.2 Å². The molecule has 1 aromatic heterocycles. The number of carboxylic acid groups (broad SMARTS) is 1. The number of rotatable bonds is 7. The Labute approximate surface area is 173 Å². The number of aliphatic carboxylic acids is 1. The van der Waals surface area contributed by atoms with Crippen molar-refractivity contribution in [2.24, 2.45) is 0 Å². The number of nitrogens with zero attached hydrogens (tertiary/aromatic N) is 3. The fourth-order valence-corrected chi connectivity index (χ4v) is 3.31. The van der Waals surface area contributed by atoms with Crippen LogP contribution in [-0.4, -0.2) is 31.7 Å². The number of nitrogens with one attached hydrogen (secondary N) is 2. The van der Waals surface area contributed by atoms with Crippen LogP contribution in [0.1, 0.15) is 36.4 Å². The van der Waals surface area contributed by atoms with Crippen LogP contribution in [0.2, 0.25) is 0 Å². The van der Waals surface area contributed by atoms with Gasteiger partial charge >= 0.3 is 5.97 Å². The molecule has 3 N–H and O–H groups in total. The van der Waals surface area contributed by atoms with Gasteiger partial charge in [0.25, 0.3) is 5.95 Å². The summed E-state index contributed by atoms with van der Waals surface area (Å²) in [7, 11) is 0. The van der Waals surface area contributed by atoms with Gasteiger partial charge in [0.1, 0.15) is 6.04 Å². The molecule has 0 radical (unpaired) electrons. The number of carboxylic acids is 1. The number of anilines is 2. The molecule has 8 nitrogen and oxygen atoms in total. The van der Waals surface area contributed by atoms with Gasteiger partial charge in [-0.3, -0.25) is 14.9 Å². The molecule has 1 aliphatic rings. The lowest BCUT2D eigenvalue weighted by Gasteiger charge is -2.24. The zero-order valence-electron chi connectivity index (χ0n) is 16.2. The van der Waals surface area contributed by atoms with Gasteiger partial charge in [-0.2, -0.15) is 4.98 Å². The standard InChI is InChI=1S/C22H21N5O3/c28-19(12-7-13-20(29)30)24-21-25-22-23-17(15-8-3-1-4-9-15)14-18(27(22)26-21)16-10-5-2-6-11-16/h1-6,8-11,14,18H,7,12-13H2,(H,29,30)(H2,23,24,25,26,28)/t18-/m1/s1. The van der Waals surface area contributed by atoms with Crippen molar-refractivity contribution in [1.82, 2.24) is 14.8 Å². The first-order valence-corrected chi connectivity index (χ1v) is 9.67. The highest BCUT2D eigenvalue weighted by atomic mass is 16.4. The third kappa shape index (κ3) is 4.38. The van der Waals surface area contributed by atoms with Crippen LogP contribution in [0.5, 0.6) is 0 Å². The van der Waals surface area contributed by atoms with Crippen molar-refractivity contribution in [3.8, 4) is 0 Å². The summed E-state index contributed by atoms with van der Waals surface area (Å²) >= 11 is 0. The lowest BCUT2D eigenvalue weighted by Crippen LogP contribution is -2.20. The number of amides is 1. The maximum atomic E-state index is 12.1. The van der Waals surface area contributed by atoms with E-state index in [0.717, 1.165) is 16.8 Å². The minimum Gasteiger partial charge on any atom is -0.481 e. The molecule has 0 spiro atoms. The molecule has 8 heteroatoms. The lowest BCUT2D eigenvalue weighted by molar-refractivity contribution is -0.137. The van der Waals surface area contributed by atoms with Crippen LogP contribution < -0.4 is 10.6 Å². The van der Waals surface area contributed by atoms with E-state index in [9.17, 15) is 9.59 Å². The molecular weight excluding hydrogens is 382 g/mol. The van der Waals surface area contributed by atoms with E-state index in [1.54, 1.807) is 4.68 Å². The predicted molar refractivity (Wildman–Crippen MR) is 113 cm³/mol. The van der Waals surface area contributed by atoms with Gasteiger partial charge in [0, 0.05) is 18.5 Å². The first-order chi connectivity index (χ1) is 14.6. The van der Waals surface area contributed by atoms with Crippen LogP contribution in [0.4, 0.5) is 11.9 Å². The second-order valence-electron chi connectivity index (χ2n) is 6.93. The van der Waals surface area contributed by atoms with E-state index in [2.05, 4.69) is 26.8 Å². The van der Waals surface area contributed by atoms with Gasteiger partial charge in [-0.25, -0.2) is 4.68 Å². The number of allylic oxidation sites excluding steroid dienone is 1. The molecule has 152 valence electrons. The predicted octanol–water partition coefficient (Wildman–Crippen LogP) is 3.53. The largest absolute Gasteiger partial charge is 0.481 e. The van der Waals surface area contributed by atoms with Gasteiger partial charge in [-0.05, 0) is 23.6 Å².